The van der Waals surface area contributed by atoms with E-state index in [1.807, 2.05) is 19.9 Å². The van der Waals surface area contributed by atoms with E-state index in [0.29, 0.717) is 11.2 Å². The minimum absolute atomic E-state index is 0.00846. The lowest BCUT2D eigenvalue weighted by atomic mass is 10.1. The molecule has 0 radical (unpaired) electrons. The summed E-state index contributed by atoms with van der Waals surface area (Å²) >= 11 is 0. The maximum absolute atomic E-state index is 12.3. The first kappa shape index (κ1) is 18.9. The van der Waals surface area contributed by atoms with Gasteiger partial charge in [-0.05, 0) is 26.0 Å². The molecule has 3 aromatic rings. The Hall–Kier alpha value is -3.08. The molecule has 2 aliphatic heterocycles. The van der Waals surface area contributed by atoms with Crippen LogP contribution < -0.4 is 5.56 Å². The van der Waals surface area contributed by atoms with Crippen LogP contribution in [-0.2, 0) is 18.9 Å². The number of ether oxygens (including phenoxy) is 4. The summed E-state index contributed by atoms with van der Waals surface area (Å²) in [7, 11) is 0. The topological polar surface area (TPSA) is 118 Å². The molecule has 156 valence electrons. The molecule has 0 unspecified atom stereocenters. The van der Waals surface area contributed by atoms with E-state index in [-0.39, 0.29) is 17.7 Å². The summed E-state index contributed by atoms with van der Waals surface area (Å²) in [6.45, 7) is 3.61. The number of esters is 1. The molecular weight excluding hydrogens is 392 g/mol. The summed E-state index contributed by atoms with van der Waals surface area (Å²) in [6.07, 6.45) is 0.642. The summed E-state index contributed by atoms with van der Waals surface area (Å²) in [5.74, 6) is -1.28. The third-order valence-corrected chi connectivity index (χ3v) is 5.15. The summed E-state index contributed by atoms with van der Waals surface area (Å²) in [5.41, 5.74) is 0.689. The zero-order valence-electron chi connectivity index (χ0n) is 16.3. The van der Waals surface area contributed by atoms with Crippen LogP contribution in [0.3, 0.4) is 0 Å². The molecular formula is C20H20N4O6. The number of fused-ring (bicyclic) bond motifs is 2. The average Bonchev–Trinajstić information content (AvgIpc) is 3.38. The molecule has 1 aromatic carbocycles. The lowest BCUT2D eigenvalue weighted by Crippen LogP contribution is -2.33. The second-order valence-electron chi connectivity index (χ2n) is 7.65. The highest BCUT2D eigenvalue weighted by Gasteiger charge is 2.56. The SMILES string of the molecule is CC1(C)O[C@@H]2[C@@H](O1)[C@@H](n1cnc3c(=O)[nH]cnc31)O[C@H]2COC(=O)c1ccccc1. The van der Waals surface area contributed by atoms with Crippen LogP contribution in [0.25, 0.3) is 11.2 Å². The zero-order chi connectivity index (χ0) is 20.9. The number of aromatic nitrogens is 4. The molecule has 30 heavy (non-hydrogen) atoms. The van der Waals surface area contributed by atoms with E-state index in [1.165, 1.54) is 12.7 Å². The van der Waals surface area contributed by atoms with Crippen LogP contribution in [0.4, 0.5) is 0 Å². The van der Waals surface area contributed by atoms with Gasteiger partial charge in [-0.25, -0.2) is 14.8 Å². The fourth-order valence-corrected chi connectivity index (χ4v) is 3.88. The molecule has 4 atom stereocenters. The number of hydrogen-bond donors (Lipinski definition) is 1. The molecule has 0 aliphatic carbocycles. The Morgan fingerprint density at radius 2 is 1.97 bits per heavy atom. The lowest BCUT2D eigenvalue weighted by Gasteiger charge is -2.24. The van der Waals surface area contributed by atoms with Crippen LogP contribution >= 0.6 is 0 Å². The van der Waals surface area contributed by atoms with Crippen molar-refractivity contribution in [3.8, 4) is 0 Å². The Labute approximate surface area is 170 Å². The van der Waals surface area contributed by atoms with Crippen molar-refractivity contribution in [3.63, 3.8) is 0 Å². The van der Waals surface area contributed by atoms with Gasteiger partial charge in [0, 0.05) is 0 Å². The van der Waals surface area contributed by atoms with Crippen molar-refractivity contribution in [3.05, 3.63) is 58.9 Å². The first-order valence-corrected chi connectivity index (χ1v) is 9.56. The maximum atomic E-state index is 12.3. The van der Waals surface area contributed by atoms with E-state index in [0.717, 1.165) is 0 Å². The molecule has 0 amide bonds. The Morgan fingerprint density at radius 3 is 2.77 bits per heavy atom. The monoisotopic (exact) mass is 412 g/mol. The van der Waals surface area contributed by atoms with Gasteiger partial charge in [0.2, 0.25) is 0 Å². The second kappa shape index (κ2) is 7.01. The quantitative estimate of drug-likeness (QED) is 0.639. The average molecular weight is 412 g/mol. The van der Waals surface area contributed by atoms with Crippen molar-refractivity contribution in [1.29, 1.82) is 0 Å². The van der Waals surface area contributed by atoms with Crippen LogP contribution in [0.2, 0.25) is 0 Å². The number of carbonyl (C=O) groups is 1. The number of hydrogen-bond acceptors (Lipinski definition) is 8. The number of H-pyrrole nitrogens is 1. The van der Waals surface area contributed by atoms with Crippen molar-refractivity contribution in [2.75, 3.05) is 6.61 Å². The number of aromatic amines is 1. The third kappa shape index (κ3) is 3.18. The van der Waals surface area contributed by atoms with Gasteiger partial charge >= 0.3 is 5.97 Å². The van der Waals surface area contributed by atoms with Crippen molar-refractivity contribution in [2.24, 2.45) is 0 Å². The van der Waals surface area contributed by atoms with Gasteiger partial charge in [0.15, 0.2) is 23.2 Å². The number of nitrogens with zero attached hydrogens (tertiary/aromatic N) is 3. The molecule has 2 aromatic heterocycles. The van der Waals surface area contributed by atoms with Crippen molar-refractivity contribution < 1.29 is 23.7 Å². The zero-order valence-corrected chi connectivity index (χ0v) is 16.3. The highest BCUT2D eigenvalue weighted by molar-refractivity contribution is 5.89. The van der Waals surface area contributed by atoms with Crippen LogP contribution in [-0.4, -0.2) is 56.2 Å². The molecule has 2 saturated heterocycles. The largest absolute Gasteiger partial charge is 0.459 e. The number of benzene rings is 1. The number of nitrogens with one attached hydrogen (secondary N) is 1. The summed E-state index contributed by atoms with van der Waals surface area (Å²) in [5, 5.41) is 0. The molecule has 10 heteroatoms. The van der Waals surface area contributed by atoms with Crippen LogP contribution in [0.15, 0.2) is 47.8 Å². The molecule has 0 saturated carbocycles. The number of rotatable bonds is 4. The standard InChI is InChI=1S/C20H20N4O6/c1-20(2)29-14-12(8-27-19(26)11-6-4-3-5-7-11)28-18(15(14)30-20)24-10-23-13-16(24)21-9-22-17(13)25/h3-7,9-10,12,14-15,18H,8H2,1-2H3,(H,21,22,25)/t12-,14-,15+,18-/m0/s1. The summed E-state index contributed by atoms with van der Waals surface area (Å²) in [6, 6.07) is 8.73. The fraction of sp³-hybridized carbons (Fsp3) is 0.400. The van der Waals surface area contributed by atoms with E-state index in [4.69, 9.17) is 18.9 Å². The number of carbonyl (C=O) groups excluding carboxylic acids is 1. The van der Waals surface area contributed by atoms with E-state index in [9.17, 15) is 9.59 Å². The predicted octanol–water partition coefficient (Wildman–Crippen LogP) is 1.39. The van der Waals surface area contributed by atoms with Crippen LogP contribution in [0.1, 0.15) is 30.4 Å². The summed E-state index contributed by atoms with van der Waals surface area (Å²) < 4.78 is 25.3. The van der Waals surface area contributed by atoms with Gasteiger partial charge in [0.1, 0.15) is 24.9 Å². The molecule has 5 rings (SSSR count). The highest BCUT2D eigenvalue weighted by Crippen LogP contribution is 2.43. The van der Waals surface area contributed by atoms with Gasteiger partial charge in [-0.15, -0.1) is 0 Å². The van der Waals surface area contributed by atoms with Crippen molar-refractivity contribution in [2.45, 2.75) is 44.2 Å². The van der Waals surface area contributed by atoms with Gasteiger partial charge in [0.25, 0.3) is 5.56 Å². The van der Waals surface area contributed by atoms with Crippen molar-refractivity contribution in [1.82, 2.24) is 19.5 Å². The molecule has 2 fully saturated rings. The third-order valence-electron chi connectivity index (χ3n) is 5.15. The Balaban J connectivity index is 1.40. The Kier molecular flexibility index (Phi) is 4.42. The first-order valence-electron chi connectivity index (χ1n) is 9.56. The summed E-state index contributed by atoms with van der Waals surface area (Å²) in [4.78, 5) is 35.2. The number of imidazole rings is 1. The van der Waals surface area contributed by atoms with E-state index < -0.39 is 36.3 Å². The van der Waals surface area contributed by atoms with Crippen LogP contribution in [0, 0.1) is 0 Å². The van der Waals surface area contributed by atoms with E-state index in [1.54, 1.807) is 28.8 Å². The second-order valence-corrected chi connectivity index (χ2v) is 7.65. The minimum atomic E-state index is -0.833. The van der Waals surface area contributed by atoms with Crippen molar-refractivity contribution >= 4 is 17.1 Å². The predicted molar refractivity (Wildman–Crippen MR) is 103 cm³/mol. The molecule has 0 bridgehead atoms. The molecule has 4 heterocycles. The highest BCUT2D eigenvalue weighted by atomic mass is 16.8. The minimum Gasteiger partial charge on any atom is -0.459 e. The Morgan fingerprint density at radius 1 is 1.20 bits per heavy atom. The normalized spacial score (nSPS) is 27.3. The molecule has 1 N–H and O–H groups in total. The first-order chi connectivity index (χ1) is 14.4. The maximum Gasteiger partial charge on any atom is 0.338 e. The Bertz CT molecular complexity index is 1140. The van der Waals surface area contributed by atoms with Gasteiger partial charge < -0.3 is 23.9 Å². The van der Waals surface area contributed by atoms with Gasteiger partial charge in [-0.3, -0.25) is 9.36 Å². The van der Waals surface area contributed by atoms with Gasteiger partial charge in [-0.2, -0.15) is 0 Å². The molecule has 0 spiro atoms. The van der Waals surface area contributed by atoms with Gasteiger partial charge in [-0.1, -0.05) is 18.2 Å². The van der Waals surface area contributed by atoms with Crippen LogP contribution in [0.5, 0.6) is 0 Å². The molecule has 2 aliphatic rings. The smallest absolute Gasteiger partial charge is 0.338 e. The lowest BCUT2D eigenvalue weighted by molar-refractivity contribution is -0.199. The molecule has 10 nitrogen and oxygen atoms in total. The fourth-order valence-electron chi connectivity index (χ4n) is 3.88. The van der Waals surface area contributed by atoms with E-state index >= 15 is 0 Å². The van der Waals surface area contributed by atoms with E-state index in [2.05, 4.69) is 15.0 Å². The van der Waals surface area contributed by atoms with Gasteiger partial charge in [0.05, 0.1) is 18.2 Å².